The molecule has 1 aliphatic rings. The van der Waals surface area contributed by atoms with Gasteiger partial charge in [0.1, 0.15) is 0 Å². The third-order valence-corrected chi connectivity index (χ3v) is 5.34. The molecule has 0 aliphatic carbocycles. The molecule has 0 aromatic carbocycles. The van der Waals surface area contributed by atoms with Crippen LogP contribution in [0.15, 0.2) is 0 Å². The number of hydrogen-bond donors (Lipinski definition) is 2. The summed E-state index contributed by atoms with van der Waals surface area (Å²) in [6.07, 6.45) is 2.56. The van der Waals surface area contributed by atoms with Gasteiger partial charge in [-0.05, 0) is 19.3 Å². The van der Waals surface area contributed by atoms with Crippen molar-refractivity contribution in [1.29, 1.82) is 0 Å². The second-order valence-corrected chi connectivity index (χ2v) is 7.39. The molecule has 1 fully saturated rings. The molecule has 5 heteroatoms. The van der Waals surface area contributed by atoms with Crippen LogP contribution in [0.5, 0.6) is 0 Å². The first kappa shape index (κ1) is 13.9. The lowest BCUT2D eigenvalue weighted by Crippen LogP contribution is -2.45. The first-order chi connectivity index (χ1) is 7.41. The van der Waals surface area contributed by atoms with Crippen molar-refractivity contribution in [1.82, 2.24) is 5.32 Å². The lowest BCUT2D eigenvalue weighted by atomic mass is 9.88. The van der Waals surface area contributed by atoms with Gasteiger partial charge in [-0.2, -0.15) is 0 Å². The Labute approximate surface area is 98.4 Å². The van der Waals surface area contributed by atoms with E-state index in [4.69, 9.17) is 0 Å². The Balaban J connectivity index is 2.43. The maximum absolute atomic E-state index is 11.4. The van der Waals surface area contributed by atoms with Gasteiger partial charge in [0.05, 0.1) is 11.5 Å². The zero-order valence-electron chi connectivity index (χ0n) is 10.2. The molecule has 1 heterocycles. The van der Waals surface area contributed by atoms with E-state index in [1.807, 2.05) is 13.8 Å². The fraction of sp³-hybridized carbons (Fsp3) is 1.00. The van der Waals surface area contributed by atoms with Crippen molar-refractivity contribution in [3.05, 3.63) is 0 Å². The average molecular weight is 249 g/mol. The Morgan fingerprint density at radius 1 is 1.50 bits per heavy atom. The third-order valence-electron chi connectivity index (χ3n) is 3.52. The van der Waals surface area contributed by atoms with Crippen molar-refractivity contribution in [2.75, 3.05) is 24.7 Å². The standard InChI is InChI=1S/C11H23NO3S/c1-3-11(2,9-13)8-12-10-5-4-6-16(14,15)7-10/h10,12-13H,3-9H2,1-2H3. The van der Waals surface area contributed by atoms with E-state index >= 15 is 0 Å². The number of nitrogens with one attached hydrogen (secondary N) is 1. The van der Waals surface area contributed by atoms with Gasteiger partial charge >= 0.3 is 0 Å². The summed E-state index contributed by atoms with van der Waals surface area (Å²) in [5.74, 6) is 0.578. The summed E-state index contributed by atoms with van der Waals surface area (Å²) in [5.41, 5.74) is -0.138. The highest BCUT2D eigenvalue weighted by molar-refractivity contribution is 7.91. The predicted molar refractivity (Wildman–Crippen MR) is 65.2 cm³/mol. The first-order valence-corrected chi connectivity index (χ1v) is 7.77. The zero-order valence-corrected chi connectivity index (χ0v) is 11.0. The number of aliphatic hydroxyl groups excluding tert-OH is 1. The molecule has 0 saturated carbocycles. The topological polar surface area (TPSA) is 66.4 Å². The number of hydrogen-bond acceptors (Lipinski definition) is 4. The SMILES string of the molecule is CCC(C)(CO)CNC1CCCS(=O)(=O)C1. The Morgan fingerprint density at radius 2 is 2.19 bits per heavy atom. The van der Waals surface area contributed by atoms with E-state index in [1.165, 1.54) is 0 Å². The first-order valence-electron chi connectivity index (χ1n) is 5.95. The van der Waals surface area contributed by atoms with Gasteiger partial charge in [-0.1, -0.05) is 13.8 Å². The summed E-state index contributed by atoms with van der Waals surface area (Å²) >= 11 is 0. The molecule has 0 aromatic rings. The molecular weight excluding hydrogens is 226 g/mol. The summed E-state index contributed by atoms with van der Waals surface area (Å²) in [5, 5.41) is 12.5. The van der Waals surface area contributed by atoms with E-state index in [2.05, 4.69) is 5.32 Å². The van der Waals surface area contributed by atoms with Gasteiger partial charge in [-0.3, -0.25) is 0 Å². The van der Waals surface area contributed by atoms with E-state index in [9.17, 15) is 13.5 Å². The van der Waals surface area contributed by atoms with Gasteiger partial charge < -0.3 is 10.4 Å². The molecule has 4 nitrogen and oxygen atoms in total. The molecule has 1 aliphatic heterocycles. The molecule has 96 valence electrons. The minimum Gasteiger partial charge on any atom is -0.396 e. The summed E-state index contributed by atoms with van der Waals surface area (Å²) in [6, 6.07) is 0.0659. The van der Waals surface area contributed by atoms with Gasteiger partial charge in [0.2, 0.25) is 0 Å². The van der Waals surface area contributed by atoms with E-state index in [0.29, 0.717) is 12.3 Å². The number of aliphatic hydroxyl groups is 1. The van der Waals surface area contributed by atoms with Crippen LogP contribution in [0.2, 0.25) is 0 Å². The maximum Gasteiger partial charge on any atom is 0.151 e. The van der Waals surface area contributed by atoms with Crippen LogP contribution in [0, 0.1) is 5.41 Å². The molecule has 0 spiro atoms. The van der Waals surface area contributed by atoms with Gasteiger partial charge in [0.25, 0.3) is 0 Å². The highest BCUT2D eigenvalue weighted by atomic mass is 32.2. The quantitative estimate of drug-likeness (QED) is 0.747. The van der Waals surface area contributed by atoms with Crippen molar-refractivity contribution >= 4 is 9.84 Å². The largest absolute Gasteiger partial charge is 0.396 e. The highest BCUT2D eigenvalue weighted by Crippen LogP contribution is 2.20. The molecular formula is C11H23NO3S. The van der Waals surface area contributed by atoms with Gasteiger partial charge in [0, 0.05) is 24.6 Å². The molecule has 1 saturated heterocycles. The van der Waals surface area contributed by atoms with E-state index < -0.39 is 9.84 Å². The van der Waals surface area contributed by atoms with Crippen LogP contribution in [0.25, 0.3) is 0 Å². The molecule has 0 aromatic heterocycles. The zero-order chi connectivity index (χ0) is 12.2. The van der Waals surface area contributed by atoms with Gasteiger partial charge in [0.15, 0.2) is 9.84 Å². The second kappa shape index (κ2) is 5.47. The van der Waals surface area contributed by atoms with Crippen molar-refractivity contribution in [3.8, 4) is 0 Å². The summed E-state index contributed by atoms with van der Waals surface area (Å²) in [6.45, 7) is 4.86. The van der Waals surface area contributed by atoms with Gasteiger partial charge in [-0.15, -0.1) is 0 Å². The van der Waals surface area contributed by atoms with Crippen molar-refractivity contribution in [2.24, 2.45) is 5.41 Å². The van der Waals surface area contributed by atoms with Crippen LogP contribution in [0.1, 0.15) is 33.1 Å². The van der Waals surface area contributed by atoms with Crippen LogP contribution < -0.4 is 5.32 Å². The van der Waals surface area contributed by atoms with Gasteiger partial charge in [-0.25, -0.2) is 8.42 Å². The smallest absolute Gasteiger partial charge is 0.151 e. The summed E-state index contributed by atoms with van der Waals surface area (Å²) in [7, 11) is -2.84. The summed E-state index contributed by atoms with van der Waals surface area (Å²) in [4.78, 5) is 0. The molecule has 0 amide bonds. The van der Waals surface area contributed by atoms with Crippen LogP contribution in [0.3, 0.4) is 0 Å². The van der Waals surface area contributed by atoms with E-state index in [-0.39, 0.29) is 23.8 Å². The van der Waals surface area contributed by atoms with Crippen molar-refractivity contribution < 1.29 is 13.5 Å². The molecule has 2 unspecified atom stereocenters. The Hall–Kier alpha value is -0.130. The maximum atomic E-state index is 11.4. The lowest BCUT2D eigenvalue weighted by molar-refractivity contribution is 0.132. The lowest BCUT2D eigenvalue weighted by Gasteiger charge is -2.30. The fourth-order valence-corrected chi connectivity index (χ4v) is 3.54. The Morgan fingerprint density at radius 3 is 2.69 bits per heavy atom. The molecule has 2 N–H and O–H groups in total. The normalized spacial score (nSPS) is 28.6. The molecule has 0 bridgehead atoms. The minimum absolute atomic E-state index is 0.0659. The summed E-state index contributed by atoms with van der Waals surface area (Å²) < 4.78 is 22.9. The van der Waals surface area contributed by atoms with E-state index in [1.54, 1.807) is 0 Å². The van der Waals surface area contributed by atoms with Crippen molar-refractivity contribution in [2.45, 2.75) is 39.2 Å². The number of rotatable bonds is 5. The van der Waals surface area contributed by atoms with Crippen LogP contribution in [0.4, 0.5) is 0 Å². The monoisotopic (exact) mass is 249 g/mol. The van der Waals surface area contributed by atoms with Crippen molar-refractivity contribution in [3.63, 3.8) is 0 Å². The highest BCUT2D eigenvalue weighted by Gasteiger charge is 2.27. The Kier molecular flexibility index (Phi) is 4.76. The number of sulfone groups is 1. The average Bonchev–Trinajstić information content (AvgIpc) is 2.25. The van der Waals surface area contributed by atoms with Crippen LogP contribution in [-0.2, 0) is 9.84 Å². The predicted octanol–water partition coefficient (Wildman–Crippen LogP) is 0.562. The molecule has 16 heavy (non-hydrogen) atoms. The third kappa shape index (κ3) is 4.03. The fourth-order valence-electron chi connectivity index (χ4n) is 1.87. The second-order valence-electron chi connectivity index (χ2n) is 5.16. The molecule has 2 atom stereocenters. The van der Waals surface area contributed by atoms with Crippen LogP contribution in [-0.4, -0.2) is 44.2 Å². The van der Waals surface area contributed by atoms with Crippen LogP contribution >= 0.6 is 0 Å². The minimum atomic E-state index is -2.84. The molecule has 0 radical (unpaired) electrons. The molecule has 1 rings (SSSR count). The van der Waals surface area contributed by atoms with E-state index in [0.717, 1.165) is 19.3 Å². The Bertz CT molecular complexity index is 309.